The molecule has 0 unspecified atom stereocenters. The predicted octanol–water partition coefficient (Wildman–Crippen LogP) is 2.09. The largest absolute Gasteiger partial charge is 0.396 e. The molecule has 2 N–H and O–H groups in total. The molecule has 0 aliphatic carbocycles. The molecule has 0 aromatic carbocycles. The Kier molecular flexibility index (Phi) is 4.82. The first-order valence-corrected chi connectivity index (χ1v) is 8.47. The van der Waals surface area contributed by atoms with Crippen molar-refractivity contribution < 1.29 is 8.42 Å². The minimum absolute atomic E-state index is 0.0265. The molecular weight excluding hydrogens is 282 g/mol. The summed E-state index contributed by atoms with van der Waals surface area (Å²) in [4.78, 5) is 2.23. The molecule has 0 aliphatic rings. The van der Waals surface area contributed by atoms with E-state index in [0.717, 1.165) is 11.3 Å². The lowest BCUT2D eigenvalue weighted by Gasteiger charge is -2.21. The van der Waals surface area contributed by atoms with Crippen molar-refractivity contribution in [2.45, 2.75) is 25.7 Å². The second-order valence-corrected chi connectivity index (χ2v) is 7.98. The molecule has 1 aromatic heterocycles. The van der Waals surface area contributed by atoms with Crippen LogP contribution in [0.25, 0.3) is 0 Å². The van der Waals surface area contributed by atoms with E-state index in [1.165, 1.54) is 0 Å². The minimum Gasteiger partial charge on any atom is -0.396 e. The molecule has 5 nitrogen and oxygen atoms in total. The summed E-state index contributed by atoms with van der Waals surface area (Å²) in [6, 6.07) is 1.96. The molecule has 1 heterocycles. The predicted molar refractivity (Wildman–Crippen MR) is 79.3 cm³/mol. The zero-order valence-corrected chi connectivity index (χ0v) is 13.2. The maximum absolute atomic E-state index is 12.2. The van der Waals surface area contributed by atoms with Crippen LogP contribution in [0.15, 0.2) is 4.90 Å². The summed E-state index contributed by atoms with van der Waals surface area (Å²) >= 11 is 1.14. The molecule has 0 bridgehead atoms. The number of nitrogens with two attached hydrogens (primary N) is 1. The van der Waals surface area contributed by atoms with Gasteiger partial charge in [0.05, 0.1) is 11.4 Å². The van der Waals surface area contributed by atoms with Crippen molar-refractivity contribution in [3.63, 3.8) is 0 Å². The summed E-state index contributed by atoms with van der Waals surface area (Å²) in [6.07, 6.45) is 0. The molecule has 19 heavy (non-hydrogen) atoms. The second-order valence-electron chi connectivity index (χ2n) is 4.77. The van der Waals surface area contributed by atoms with Crippen molar-refractivity contribution in [3.8, 4) is 6.07 Å². The van der Waals surface area contributed by atoms with Crippen molar-refractivity contribution in [1.29, 1.82) is 5.26 Å². The number of anilines is 2. The average molecular weight is 301 g/mol. The third-order valence-corrected chi connectivity index (χ3v) is 5.81. The normalized spacial score (nSPS) is 11.6. The van der Waals surface area contributed by atoms with E-state index in [4.69, 9.17) is 11.0 Å². The van der Waals surface area contributed by atoms with Gasteiger partial charge in [0.1, 0.15) is 20.8 Å². The quantitative estimate of drug-likeness (QED) is 0.899. The van der Waals surface area contributed by atoms with Crippen molar-refractivity contribution in [2.24, 2.45) is 5.92 Å². The van der Waals surface area contributed by atoms with Gasteiger partial charge in [0.25, 0.3) is 0 Å². The van der Waals surface area contributed by atoms with Gasteiger partial charge in [-0.1, -0.05) is 20.8 Å². The third-order valence-electron chi connectivity index (χ3n) is 2.66. The number of thiophene rings is 1. The second kappa shape index (κ2) is 5.80. The van der Waals surface area contributed by atoms with E-state index in [-0.39, 0.29) is 21.2 Å². The topological polar surface area (TPSA) is 87.2 Å². The molecule has 7 heteroatoms. The van der Waals surface area contributed by atoms with E-state index in [1.54, 1.807) is 6.92 Å². The fraction of sp³-hybridized carbons (Fsp3) is 0.583. The van der Waals surface area contributed by atoms with E-state index in [9.17, 15) is 8.42 Å². The molecule has 0 saturated heterocycles. The Hall–Kier alpha value is -1.26. The van der Waals surface area contributed by atoms with Crippen LogP contribution in [0.4, 0.5) is 10.7 Å². The van der Waals surface area contributed by atoms with Crippen LogP contribution in [0.1, 0.15) is 25.6 Å². The Bertz CT molecular complexity index is 597. The lowest BCUT2D eigenvalue weighted by atomic mass is 10.2. The molecule has 0 atom stereocenters. The lowest BCUT2D eigenvalue weighted by Crippen LogP contribution is -2.23. The molecule has 0 spiro atoms. The van der Waals surface area contributed by atoms with Crippen LogP contribution >= 0.6 is 11.3 Å². The van der Waals surface area contributed by atoms with E-state index in [1.807, 2.05) is 31.9 Å². The zero-order valence-electron chi connectivity index (χ0n) is 11.6. The zero-order chi connectivity index (χ0) is 14.8. The van der Waals surface area contributed by atoms with Crippen LogP contribution < -0.4 is 10.6 Å². The standard InChI is InChI=1S/C12H19N3O2S2/c1-5-19(16,17)11-10(14)9(6-13)18-12(11)15(4)7-8(2)3/h8H,5,7,14H2,1-4H3. The maximum Gasteiger partial charge on any atom is 0.183 e. The van der Waals surface area contributed by atoms with Crippen molar-refractivity contribution in [1.82, 2.24) is 0 Å². The van der Waals surface area contributed by atoms with Crippen LogP contribution in [0.2, 0.25) is 0 Å². The number of nitriles is 1. The van der Waals surface area contributed by atoms with Crippen molar-refractivity contribution in [2.75, 3.05) is 30.0 Å². The monoisotopic (exact) mass is 301 g/mol. The summed E-state index contributed by atoms with van der Waals surface area (Å²) in [5.74, 6) is 0.359. The molecule has 0 saturated carbocycles. The molecular formula is C12H19N3O2S2. The molecule has 106 valence electrons. The molecule has 0 amide bonds. The van der Waals surface area contributed by atoms with Crippen molar-refractivity contribution in [3.05, 3.63) is 4.88 Å². The Morgan fingerprint density at radius 3 is 2.47 bits per heavy atom. The summed E-state index contributed by atoms with van der Waals surface area (Å²) < 4.78 is 24.3. The Morgan fingerprint density at radius 1 is 1.47 bits per heavy atom. The van der Waals surface area contributed by atoms with Crippen LogP contribution in [0.5, 0.6) is 0 Å². The first kappa shape index (κ1) is 15.8. The van der Waals surface area contributed by atoms with Gasteiger partial charge in [-0.3, -0.25) is 0 Å². The van der Waals surface area contributed by atoms with E-state index in [2.05, 4.69) is 0 Å². The van der Waals surface area contributed by atoms with Gasteiger partial charge in [-0.05, 0) is 5.92 Å². The van der Waals surface area contributed by atoms with Gasteiger partial charge in [0.2, 0.25) is 0 Å². The number of hydrogen-bond acceptors (Lipinski definition) is 6. The number of nitrogen functional groups attached to an aromatic ring is 1. The number of hydrogen-bond donors (Lipinski definition) is 1. The van der Waals surface area contributed by atoms with Crippen LogP contribution in [0, 0.1) is 17.2 Å². The van der Waals surface area contributed by atoms with Gasteiger partial charge in [0, 0.05) is 13.6 Å². The molecule has 0 radical (unpaired) electrons. The molecule has 0 fully saturated rings. The summed E-state index contributed by atoms with van der Waals surface area (Å²) in [5, 5.41) is 9.59. The SMILES string of the molecule is CCS(=O)(=O)c1c(N(C)CC(C)C)sc(C#N)c1N. The Balaban J connectivity index is 3.44. The highest BCUT2D eigenvalue weighted by Gasteiger charge is 2.28. The fourth-order valence-corrected chi connectivity index (χ4v) is 4.43. The number of sulfone groups is 1. The summed E-state index contributed by atoms with van der Waals surface area (Å²) in [5.41, 5.74) is 5.91. The van der Waals surface area contributed by atoms with Crippen LogP contribution in [-0.2, 0) is 9.84 Å². The smallest absolute Gasteiger partial charge is 0.183 e. The molecule has 0 aliphatic heterocycles. The van der Waals surface area contributed by atoms with Crippen molar-refractivity contribution >= 4 is 31.9 Å². The minimum atomic E-state index is -3.44. The number of nitrogens with zero attached hydrogens (tertiary/aromatic N) is 2. The number of rotatable bonds is 5. The summed E-state index contributed by atoms with van der Waals surface area (Å²) in [6.45, 7) is 6.38. The van der Waals surface area contributed by atoms with Crippen LogP contribution in [0.3, 0.4) is 0 Å². The van der Waals surface area contributed by atoms with E-state index in [0.29, 0.717) is 17.5 Å². The van der Waals surface area contributed by atoms with Gasteiger partial charge in [0.15, 0.2) is 9.84 Å². The highest BCUT2D eigenvalue weighted by Crippen LogP contribution is 2.41. The lowest BCUT2D eigenvalue weighted by molar-refractivity contribution is 0.596. The highest BCUT2D eigenvalue weighted by atomic mass is 32.2. The van der Waals surface area contributed by atoms with Gasteiger partial charge in [-0.25, -0.2) is 8.42 Å². The fourth-order valence-electron chi connectivity index (χ4n) is 1.83. The van der Waals surface area contributed by atoms with Gasteiger partial charge < -0.3 is 10.6 Å². The van der Waals surface area contributed by atoms with Crippen LogP contribution in [-0.4, -0.2) is 27.8 Å². The highest BCUT2D eigenvalue weighted by molar-refractivity contribution is 7.91. The summed E-state index contributed by atoms with van der Waals surface area (Å²) in [7, 11) is -1.62. The average Bonchev–Trinajstić information content (AvgIpc) is 2.66. The van der Waals surface area contributed by atoms with Gasteiger partial charge >= 0.3 is 0 Å². The molecule has 1 rings (SSSR count). The maximum atomic E-state index is 12.2. The van der Waals surface area contributed by atoms with Gasteiger partial charge in [-0.2, -0.15) is 5.26 Å². The molecule has 1 aromatic rings. The first-order valence-electron chi connectivity index (χ1n) is 6.00. The van der Waals surface area contributed by atoms with E-state index >= 15 is 0 Å². The Labute approximate surface area is 118 Å². The first-order chi connectivity index (χ1) is 8.74. The van der Waals surface area contributed by atoms with Gasteiger partial charge in [-0.15, -0.1) is 11.3 Å². The van der Waals surface area contributed by atoms with E-state index < -0.39 is 9.84 Å². The third kappa shape index (κ3) is 3.19. The Morgan fingerprint density at radius 2 is 2.05 bits per heavy atom.